The molecular formula is C13H19. The summed E-state index contributed by atoms with van der Waals surface area (Å²) in [4.78, 5) is 0. The van der Waals surface area contributed by atoms with E-state index in [4.69, 9.17) is 0 Å². The Hall–Kier alpha value is -0.780. The number of rotatable bonds is 0. The monoisotopic (exact) mass is 175 g/mol. The van der Waals surface area contributed by atoms with Gasteiger partial charge in [0.2, 0.25) is 0 Å². The molecule has 0 fully saturated rings. The molecule has 0 bridgehead atoms. The third-order valence-corrected chi connectivity index (χ3v) is 2.18. The van der Waals surface area contributed by atoms with Gasteiger partial charge in [-0.1, -0.05) is 30.4 Å². The van der Waals surface area contributed by atoms with Crippen LogP contribution < -0.4 is 0 Å². The maximum Gasteiger partial charge on any atom is -0.0163 e. The Labute approximate surface area is 82.0 Å². The topological polar surface area (TPSA) is 0 Å². The van der Waals surface area contributed by atoms with E-state index < -0.39 is 0 Å². The SMILES string of the molecule is [C]1=C/C/C=C/CCCC/C=C\CC/1. The van der Waals surface area contributed by atoms with Crippen molar-refractivity contribution in [3.05, 3.63) is 36.5 Å². The van der Waals surface area contributed by atoms with Gasteiger partial charge in [0.05, 0.1) is 0 Å². The first kappa shape index (κ1) is 10.3. The largest absolute Gasteiger partial charge is 0.0885 e. The summed E-state index contributed by atoms with van der Waals surface area (Å²) < 4.78 is 0. The summed E-state index contributed by atoms with van der Waals surface area (Å²) >= 11 is 0. The summed E-state index contributed by atoms with van der Waals surface area (Å²) in [6.45, 7) is 0. The fourth-order valence-corrected chi connectivity index (χ4v) is 1.39. The van der Waals surface area contributed by atoms with E-state index in [-0.39, 0.29) is 0 Å². The molecule has 0 nitrogen and oxygen atoms in total. The minimum absolute atomic E-state index is 1.06. The molecule has 1 radical (unpaired) electrons. The van der Waals surface area contributed by atoms with Gasteiger partial charge in [0.25, 0.3) is 0 Å². The molecule has 13 heavy (non-hydrogen) atoms. The molecule has 0 unspecified atom stereocenters. The fraction of sp³-hybridized carbons (Fsp3) is 0.538. The van der Waals surface area contributed by atoms with Gasteiger partial charge >= 0.3 is 0 Å². The molecule has 0 spiro atoms. The second-order valence-electron chi connectivity index (χ2n) is 3.41. The first-order valence-corrected chi connectivity index (χ1v) is 5.35. The second kappa shape index (κ2) is 7.85. The van der Waals surface area contributed by atoms with Crippen LogP contribution in [-0.4, -0.2) is 0 Å². The quantitative estimate of drug-likeness (QED) is 0.484. The highest BCUT2D eigenvalue weighted by atomic mass is 13.9. The highest BCUT2D eigenvalue weighted by Crippen LogP contribution is 2.04. The van der Waals surface area contributed by atoms with Crippen LogP contribution in [-0.2, 0) is 0 Å². The summed E-state index contributed by atoms with van der Waals surface area (Å²) in [6.07, 6.45) is 23.0. The minimum atomic E-state index is 1.06. The van der Waals surface area contributed by atoms with E-state index >= 15 is 0 Å². The van der Waals surface area contributed by atoms with E-state index in [1.165, 1.54) is 25.7 Å². The van der Waals surface area contributed by atoms with Crippen molar-refractivity contribution in [1.29, 1.82) is 0 Å². The average molecular weight is 175 g/mol. The van der Waals surface area contributed by atoms with E-state index in [0.717, 1.165) is 19.3 Å². The van der Waals surface area contributed by atoms with E-state index in [1.54, 1.807) is 0 Å². The molecule has 1 aliphatic rings. The van der Waals surface area contributed by atoms with Gasteiger partial charge in [0.1, 0.15) is 0 Å². The van der Waals surface area contributed by atoms with E-state index in [0.29, 0.717) is 0 Å². The molecule has 0 amide bonds. The molecule has 0 aliphatic heterocycles. The van der Waals surface area contributed by atoms with E-state index in [1.807, 2.05) is 0 Å². The molecule has 0 aromatic carbocycles. The Morgan fingerprint density at radius 2 is 1.46 bits per heavy atom. The van der Waals surface area contributed by atoms with Gasteiger partial charge < -0.3 is 0 Å². The smallest absolute Gasteiger partial charge is 0.0163 e. The Morgan fingerprint density at radius 1 is 0.769 bits per heavy atom. The van der Waals surface area contributed by atoms with Crippen LogP contribution >= 0.6 is 0 Å². The van der Waals surface area contributed by atoms with Crippen molar-refractivity contribution in [1.82, 2.24) is 0 Å². The Morgan fingerprint density at radius 3 is 2.31 bits per heavy atom. The second-order valence-corrected chi connectivity index (χ2v) is 3.41. The van der Waals surface area contributed by atoms with Gasteiger partial charge in [-0.25, -0.2) is 0 Å². The van der Waals surface area contributed by atoms with Gasteiger partial charge in [-0.05, 0) is 51.0 Å². The van der Waals surface area contributed by atoms with Crippen molar-refractivity contribution in [3.63, 3.8) is 0 Å². The Bertz CT molecular complexity index is 184. The molecule has 0 N–H and O–H groups in total. The molecular weight excluding hydrogens is 156 g/mol. The van der Waals surface area contributed by atoms with Crippen LogP contribution in [0, 0.1) is 6.08 Å². The lowest BCUT2D eigenvalue weighted by Gasteiger charge is -1.92. The standard InChI is InChI=1S/C13H19/c1-2-4-6-8-10-12-13-11-9-7-5-3-1/h1-2,5,12-13H,3-4,6,8-11H2/b2-1+,7-5?,13-12-. The molecule has 0 aromatic rings. The zero-order chi connectivity index (χ0) is 9.19. The highest BCUT2D eigenvalue weighted by Gasteiger charge is 1.85. The first-order valence-electron chi connectivity index (χ1n) is 5.35. The minimum Gasteiger partial charge on any atom is -0.0885 e. The van der Waals surface area contributed by atoms with Crippen molar-refractivity contribution < 1.29 is 0 Å². The van der Waals surface area contributed by atoms with Gasteiger partial charge in [0, 0.05) is 0 Å². The molecule has 1 aliphatic carbocycles. The lowest BCUT2D eigenvalue weighted by atomic mass is 10.1. The lowest BCUT2D eigenvalue weighted by Crippen LogP contribution is -1.72. The van der Waals surface area contributed by atoms with Crippen molar-refractivity contribution >= 4 is 0 Å². The Balaban J connectivity index is 2.28. The summed E-state index contributed by atoms with van der Waals surface area (Å²) in [5, 5.41) is 0. The summed E-state index contributed by atoms with van der Waals surface area (Å²) in [5.41, 5.74) is 0. The predicted molar refractivity (Wildman–Crippen MR) is 58.4 cm³/mol. The molecule has 71 valence electrons. The zero-order valence-corrected chi connectivity index (χ0v) is 8.34. The summed E-state index contributed by atoms with van der Waals surface area (Å²) in [6, 6.07) is 0. The van der Waals surface area contributed by atoms with Gasteiger partial charge in [0.15, 0.2) is 0 Å². The van der Waals surface area contributed by atoms with Gasteiger partial charge in [-0.3, -0.25) is 0 Å². The number of hydrogen-bond acceptors (Lipinski definition) is 0. The van der Waals surface area contributed by atoms with Crippen LogP contribution in [0.5, 0.6) is 0 Å². The molecule has 0 heterocycles. The van der Waals surface area contributed by atoms with Crippen molar-refractivity contribution in [2.45, 2.75) is 44.9 Å². The van der Waals surface area contributed by atoms with Gasteiger partial charge in [-0.2, -0.15) is 0 Å². The maximum atomic E-state index is 3.30. The summed E-state index contributed by atoms with van der Waals surface area (Å²) in [7, 11) is 0. The summed E-state index contributed by atoms with van der Waals surface area (Å²) in [5.74, 6) is 0. The van der Waals surface area contributed by atoms with E-state index in [9.17, 15) is 0 Å². The third kappa shape index (κ3) is 6.39. The van der Waals surface area contributed by atoms with Crippen molar-refractivity contribution in [2.75, 3.05) is 0 Å². The maximum absolute atomic E-state index is 3.30. The van der Waals surface area contributed by atoms with Crippen LogP contribution in [0.1, 0.15) is 44.9 Å². The van der Waals surface area contributed by atoms with Gasteiger partial charge in [-0.15, -0.1) is 0 Å². The third-order valence-electron chi connectivity index (χ3n) is 2.18. The van der Waals surface area contributed by atoms with Crippen LogP contribution in [0.15, 0.2) is 30.4 Å². The van der Waals surface area contributed by atoms with Crippen LogP contribution in [0.2, 0.25) is 0 Å². The van der Waals surface area contributed by atoms with Crippen molar-refractivity contribution in [2.24, 2.45) is 0 Å². The first-order chi connectivity index (χ1) is 6.50. The Kier molecular flexibility index (Phi) is 6.22. The van der Waals surface area contributed by atoms with Crippen molar-refractivity contribution in [3.8, 4) is 0 Å². The fourth-order valence-electron chi connectivity index (χ4n) is 1.39. The van der Waals surface area contributed by atoms with E-state index in [2.05, 4.69) is 36.5 Å². The molecule has 0 heteroatoms. The number of hydrogen-bond donors (Lipinski definition) is 0. The normalized spacial score (nSPS) is 27.7. The van der Waals surface area contributed by atoms with Crippen LogP contribution in [0.4, 0.5) is 0 Å². The zero-order valence-electron chi connectivity index (χ0n) is 8.34. The molecule has 0 saturated heterocycles. The highest BCUT2D eigenvalue weighted by molar-refractivity contribution is 4.92. The average Bonchev–Trinajstić information content (AvgIpc) is 2.18. The molecule has 1 rings (SSSR count). The van der Waals surface area contributed by atoms with Crippen LogP contribution in [0.25, 0.3) is 0 Å². The molecule has 0 aromatic heterocycles. The predicted octanol–water partition coefficient (Wildman–Crippen LogP) is 4.20. The van der Waals surface area contributed by atoms with Crippen LogP contribution in [0.3, 0.4) is 0 Å². The molecule has 0 saturated carbocycles. The number of allylic oxidation sites excluding steroid dienone is 6. The molecule has 0 atom stereocenters. The lowest BCUT2D eigenvalue weighted by molar-refractivity contribution is 0.759.